The molecule has 1 aliphatic rings. The van der Waals surface area contributed by atoms with Gasteiger partial charge in [0.2, 0.25) is 11.8 Å². The summed E-state index contributed by atoms with van der Waals surface area (Å²) in [6, 6.07) is 26.5. The van der Waals surface area contributed by atoms with E-state index < -0.39 is 5.25 Å². The first-order valence-corrected chi connectivity index (χ1v) is 10.5. The maximum absolute atomic E-state index is 13.2. The van der Waals surface area contributed by atoms with Gasteiger partial charge in [0.15, 0.2) is 5.17 Å². The van der Waals surface area contributed by atoms with Crippen molar-refractivity contribution in [2.45, 2.75) is 18.6 Å². The highest BCUT2D eigenvalue weighted by Gasteiger charge is 2.40. The van der Waals surface area contributed by atoms with Crippen molar-refractivity contribution in [3.05, 3.63) is 90.5 Å². The molecule has 1 heterocycles. The van der Waals surface area contributed by atoms with Crippen LogP contribution in [0.15, 0.2) is 89.9 Å². The number of para-hydroxylation sites is 3. The average molecular weight is 416 g/mol. The zero-order valence-electron chi connectivity index (χ0n) is 16.5. The summed E-state index contributed by atoms with van der Waals surface area (Å²) in [7, 11) is 0. The topological polar surface area (TPSA) is 61.8 Å². The Hall–Kier alpha value is -3.38. The van der Waals surface area contributed by atoms with Crippen LogP contribution in [0.2, 0.25) is 0 Å². The number of hydrogen-bond donors (Lipinski definition) is 1. The van der Waals surface area contributed by atoms with Crippen molar-refractivity contribution < 1.29 is 9.59 Å². The molecular weight excluding hydrogens is 394 g/mol. The maximum Gasteiger partial charge on any atom is 0.247 e. The summed E-state index contributed by atoms with van der Waals surface area (Å²) in [5.41, 5.74) is 3.25. The molecule has 3 aromatic rings. The summed E-state index contributed by atoms with van der Waals surface area (Å²) in [5.74, 6) is -0.329. The number of nitrogens with one attached hydrogen (secondary N) is 1. The van der Waals surface area contributed by atoms with Crippen molar-refractivity contribution in [3.8, 4) is 0 Å². The summed E-state index contributed by atoms with van der Waals surface area (Å²) in [6.07, 6.45) is 0.0784. The molecule has 0 spiro atoms. The number of amides is 2. The summed E-state index contributed by atoms with van der Waals surface area (Å²) in [4.78, 5) is 32.1. The summed E-state index contributed by atoms with van der Waals surface area (Å²) in [6.45, 7) is 1.94. The molecule has 0 aliphatic carbocycles. The lowest BCUT2D eigenvalue weighted by molar-refractivity contribution is -0.121. The van der Waals surface area contributed by atoms with Crippen molar-refractivity contribution in [3.63, 3.8) is 0 Å². The molecule has 1 aliphatic heterocycles. The molecule has 1 saturated heterocycles. The van der Waals surface area contributed by atoms with E-state index in [0.717, 1.165) is 22.6 Å². The Labute approximate surface area is 179 Å². The molecule has 1 fully saturated rings. The Bertz CT molecular complexity index is 1080. The van der Waals surface area contributed by atoms with Gasteiger partial charge in [-0.25, -0.2) is 4.99 Å². The molecule has 5 nitrogen and oxygen atoms in total. The van der Waals surface area contributed by atoms with Crippen LogP contribution in [0.3, 0.4) is 0 Å². The predicted molar refractivity (Wildman–Crippen MR) is 123 cm³/mol. The molecule has 0 aromatic heterocycles. The summed E-state index contributed by atoms with van der Waals surface area (Å²) in [5, 5.41) is 2.96. The zero-order valence-corrected chi connectivity index (χ0v) is 17.3. The molecule has 4 rings (SSSR count). The molecule has 3 aromatic carbocycles. The van der Waals surface area contributed by atoms with Crippen LogP contribution in [0.25, 0.3) is 0 Å². The van der Waals surface area contributed by atoms with Crippen molar-refractivity contribution in [2.24, 2.45) is 4.99 Å². The van der Waals surface area contributed by atoms with Gasteiger partial charge in [0, 0.05) is 12.1 Å². The van der Waals surface area contributed by atoms with E-state index >= 15 is 0 Å². The lowest BCUT2D eigenvalue weighted by atomic mass is 10.2. The number of anilines is 2. The number of carbonyl (C=O) groups excluding carboxylic acids is 2. The third kappa shape index (κ3) is 4.44. The Balaban J connectivity index is 1.57. The van der Waals surface area contributed by atoms with E-state index in [2.05, 4.69) is 10.3 Å². The molecule has 0 saturated carbocycles. The average Bonchev–Trinajstić information content (AvgIpc) is 3.05. The fourth-order valence-corrected chi connectivity index (χ4v) is 4.34. The molecule has 1 atom stereocenters. The van der Waals surface area contributed by atoms with Gasteiger partial charge in [0.05, 0.1) is 11.4 Å². The third-order valence-electron chi connectivity index (χ3n) is 4.72. The second-order valence-corrected chi connectivity index (χ2v) is 8.08. The van der Waals surface area contributed by atoms with Crippen LogP contribution in [-0.4, -0.2) is 22.2 Å². The monoisotopic (exact) mass is 415 g/mol. The minimum absolute atomic E-state index is 0.0784. The fraction of sp³-hybridized carbons (Fsp3) is 0.125. The summed E-state index contributed by atoms with van der Waals surface area (Å²) >= 11 is 1.33. The molecule has 0 unspecified atom stereocenters. The van der Waals surface area contributed by atoms with Gasteiger partial charge in [-0.3, -0.25) is 14.5 Å². The van der Waals surface area contributed by atoms with E-state index in [0.29, 0.717) is 5.17 Å². The van der Waals surface area contributed by atoms with E-state index in [-0.39, 0.29) is 18.2 Å². The van der Waals surface area contributed by atoms with Gasteiger partial charge in [0.25, 0.3) is 0 Å². The highest BCUT2D eigenvalue weighted by molar-refractivity contribution is 8.16. The van der Waals surface area contributed by atoms with Gasteiger partial charge >= 0.3 is 0 Å². The number of hydrogen-bond acceptors (Lipinski definition) is 4. The van der Waals surface area contributed by atoms with Crippen LogP contribution in [0.1, 0.15) is 12.0 Å². The lowest BCUT2D eigenvalue weighted by Gasteiger charge is -2.16. The van der Waals surface area contributed by atoms with Crippen LogP contribution in [-0.2, 0) is 9.59 Å². The molecule has 30 heavy (non-hydrogen) atoms. The normalized spacial score (nSPS) is 17.4. The largest absolute Gasteiger partial charge is 0.326 e. The molecule has 2 amide bonds. The van der Waals surface area contributed by atoms with Gasteiger partial charge in [0.1, 0.15) is 5.25 Å². The highest BCUT2D eigenvalue weighted by Crippen LogP contribution is 2.35. The van der Waals surface area contributed by atoms with Crippen LogP contribution >= 0.6 is 11.8 Å². The minimum atomic E-state index is -0.531. The first kappa shape index (κ1) is 19.9. The molecule has 0 bridgehead atoms. The number of amidine groups is 1. The van der Waals surface area contributed by atoms with Crippen molar-refractivity contribution in [2.75, 3.05) is 10.2 Å². The van der Waals surface area contributed by atoms with Gasteiger partial charge < -0.3 is 5.32 Å². The number of thioether (sulfide) groups is 1. The second kappa shape index (κ2) is 8.97. The zero-order chi connectivity index (χ0) is 20.9. The molecule has 1 N–H and O–H groups in total. The van der Waals surface area contributed by atoms with Gasteiger partial charge in [-0.2, -0.15) is 0 Å². The standard InChI is InChI=1S/C24H21N3O2S/c1-17-10-8-9-15-20(17)26-22(28)16-21-23(29)27(19-13-6-3-7-14-19)24(30-21)25-18-11-4-2-5-12-18/h2-15,21H,16H2,1H3,(H,26,28)/t21-/m0/s1. The van der Waals surface area contributed by atoms with E-state index in [4.69, 9.17) is 0 Å². The van der Waals surface area contributed by atoms with Crippen LogP contribution in [0.5, 0.6) is 0 Å². The number of aryl methyl sites for hydroxylation is 1. The molecule has 150 valence electrons. The van der Waals surface area contributed by atoms with Gasteiger partial charge in [-0.1, -0.05) is 66.4 Å². The smallest absolute Gasteiger partial charge is 0.247 e. The lowest BCUT2D eigenvalue weighted by Crippen LogP contribution is -2.33. The molecule has 0 radical (unpaired) electrons. The Kier molecular flexibility index (Phi) is 5.95. The maximum atomic E-state index is 13.2. The molecule has 6 heteroatoms. The first-order valence-electron chi connectivity index (χ1n) is 9.67. The van der Waals surface area contributed by atoms with Crippen LogP contribution in [0.4, 0.5) is 17.1 Å². The SMILES string of the molecule is Cc1ccccc1NC(=O)C[C@@H]1SC(=Nc2ccccc2)N(c2ccccc2)C1=O. The predicted octanol–water partition coefficient (Wildman–Crippen LogP) is 5.16. The van der Waals surface area contributed by atoms with E-state index in [1.165, 1.54) is 11.8 Å². The highest BCUT2D eigenvalue weighted by atomic mass is 32.2. The van der Waals surface area contributed by atoms with Gasteiger partial charge in [-0.15, -0.1) is 0 Å². The molecular formula is C24H21N3O2S. The van der Waals surface area contributed by atoms with E-state index in [1.807, 2.05) is 91.9 Å². The van der Waals surface area contributed by atoms with Crippen LogP contribution in [0, 0.1) is 6.92 Å². The third-order valence-corrected chi connectivity index (χ3v) is 5.86. The van der Waals surface area contributed by atoms with Crippen molar-refractivity contribution in [1.29, 1.82) is 0 Å². The number of benzene rings is 3. The van der Waals surface area contributed by atoms with Crippen molar-refractivity contribution in [1.82, 2.24) is 0 Å². The summed E-state index contributed by atoms with van der Waals surface area (Å²) < 4.78 is 0. The first-order chi connectivity index (χ1) is 14.6. The Morgan fingerprint density at radius 1 is 0.967 bits per heavy atom. The second-order valence-electron chi connectivity index (χ2n) is 6.91. The number of carbonyl (C=O) groups is 2. The van der Waals surface area contributed by atoms with Crippen molar-refractivity contribution >= 4 is 45.8 Å². The fourth-order valence-electron chi connectivity index (χ4n) is 3.18. The quantitative estimate of drug-likeness (QED) is 0.626. The number of rotatable bonds is 5. The Morgan fingerprint density at radius 3 is 2.30 bits per heavy atom. The number of nitrogens with zero attached hydrogens (tertiary/aromatic N) is 2. The number of aliphatic imine (C=N–C) groups is 1. The Morgan fingerprint density at radius 2 is 1.60 bits per heavy atom. The van der Waals surface area contributed by atoms with Gasteiger partial charge in [-0.05, 0) is 42.8 Å². The minimum Gasteiger partial charge on any atom is -0.326 e. The van der Waals surface area contributed by atoms with Crippen LogP contribution < -0.4 is 10.2 Å². The van der Waals surface area contributed by atoms with E-state index in [9.17, 15) is 9.59 Å². The van der Waals surface area contributed by atoms with E-state index in [1.54, 1.807) is 4.90 Å².